The first-order chi connectivity index (χ1) is 11.0. The number of piperidine rings is 1. The molecular weight excluding hydrogens is 314 g/mol. The predicted molar refractivity (Wildman–Crippen MR) is 89.5 cm³/mol. The van der Waals surface area contributed by atoms with E-state index >= 15 is 0 Å². The molecule has 1 N–H and O–H groups in total. The summed E-state index contributed by atoms with van der Waals surface area (Å²) in [7, 11) is 0.204. The Morgan fingerprint density at radius 1 is 1.26 bits per heavy atom. The number of hydrogen-bond acceptors (Lipinski definition) is 4. The highest BCUT2D eigenvalue weighted by atomic mass is 32.2. The highest BCUT2D eigenvalue weighted by molar-refractivity contribution is 7.89. The topological polar surface area (TPSA) is 69.7 Å². The molecule has 0 radical (unpaired) electrons. The molecule has 1 aliphatic heterocycles. The van der Waals surface area contributed by atoms with Crippen molar-refractivity contribution in [2.24, 2.45) is 5.92 Å². The van der Waals surface area contributed by atoms with Gasteiger partial charge >= 0.3 is 0 Å². The van der Waals surface area contributed by atoms with E-state index in [2.05, 4.69) is 5.32 Å². The van der Waals surface area contributed by atoms with E-state index in [0.717, 1.165) is 6.54 Å². The van der Waals surface area contributed by atoms with Crippen LogP contribution in [-0.4, -0.2) is 63.8 Å². The summed E-state index contributed by atoms with van der Waals surface area (Å²) >= 11 is 0. The summed E-state index contributed by atoms with van der Waals surface area (Å²) in [6.07, 6.45) is 1.16. The van der Waals surface area contributed by atoms with Crippen molar-refractivity contribution in [3.05, 3.63) is 30.3 Å². The molecule has 0 aliphatic carbocycles. The summed E-state index contributed by atoms with van der Waals surface area (Å²) in [5.41, 5.74) is 0. The zero-order valence-corrected chi connectivity index (χ0v) is 14.6. The molecular formula is C16H25N3O3S. The molecule has 7 heteroatoms. The summed E-state index contributed by atoms with van der Waals surface area (Å²) in [6.45, 7) is 2.21. The Balaban J connectivity index is 1.95. The van der Waals surface area contributed by atoms with E-state index < -0.39 is 10.0 Å². The van der Waals surface area contributed by atoms with Gasteiger partial charge < -0.3 is 10.2 Å². The molecule has 0 atom stereocenters. The lowest BCUT2D eigenvalue weighted by Gasteiger charge is -2.32. The normalized spacial score (nSPS) is 17.1. The summed E-state index contributed by atoms with van der Waals surface area (Å²) < 4.78 is 26.6. The van der Waals surface area contributed by atoms with Gasteiger partial charge in [-0.3, -0.25) is 4.79 Å². The van der Waals surface area contributed by atoms with Gasteiger partial charge in [-0.05, 0) is 32.0 Å². The maximum atomic E-state index is 12.6. The number of amides is 1. The monoisotopic (exact) mass is 339 g/mol. The molecule has 0 spiro atoms. The van der Waals surface area contributed by atoms with E-state index in [-0.39, 0.29) is 11.8 Å². The van der Waals surface area contributed by atoms with Crippen molar-refractivity contribution in [2.45, 2.75) is 17.7 Å². The first kappa shape index (κ1) is 17.9. The Bertz CT molecular complexity index is 611. The van der Waals surface area contributed by atoms with E-state index in [1.165, 1.54) is 4.31 Å². The van der Waals surface area contributed by atoms with Crippen LogP contribution in [0.2, 0.25) is 0 Å². The van der Waals surface area contributed by atoms with Crippen molar-refractivity contribution >= 4 is 15.9 Å². The molecule has 1 heterocycles. The van der Waals surface area contributed by atoms with E-state index in [4.69, 9.17) is 0 Å². The second-order valence-corrected chi connectivity index (χ2v) is 7.79. The lowest BCUT2D eigenvalue weighted by Crippen LogP contribution is -2.44. The summed E-state index contributed by atoms with van der Waals surface area (Å²) in [5.74, 6) is 0.0242. The maximum Gasteiger partial charge on any atom is 0.243 e. The minimum Gasteiger partial charge on any atom is -0.344 e. The Hall–Kier alpha value is -1.44. The summed E-state index contributed by atoms with van der Waals surface area (Å²) in [5, 5.41) is 3.02. The fourth-order valence-corrected chi connectivity index (χ4v) is 4.28. The molecule has 1 amide bonds. The van der Waals surface area contributed by atoms with Gasteiger partial charge in [-0.25, -0.2) is 8.42 Å². The maximum absolute atomic E-state index is 12.6. The van der Waals surface area contributed by atoms with Crippen LogP contribution in [0.4, 0.5) is 0 Å². The first-order valence-corrected chi connectivity index (χ1v) is 9.35. The Kier molecular flexibility index (Phi) is 6.15. The Labute approximate surface area is 138 Å². The Morgan fingerprint density at radius 2 is 1.87 bits per heavy atom. The molecule has 2 rings (SSSR count). The lowest BCUT2D eigenvalue weighted by molar-refractivity contribution is -0.135. The van der Waals surface area contributed by atoms with Crippen molar-refractivity contribution in [3.63, 3.8) is 0 Å². The van der Waals surface area contributed by atoms with Crippen LogP contribution in [0.5, 0.6) is 0 Å². The zero-order chi connectivity index (χ0) is 16.9. The average Bonchev–Trinajstić information content (AvgIpc) is 2.59. The van der Waals surface area contributed by atoms with Crippen LogP contribution in [0.1, 0.15) is 12.8 Å². The van der Waals surface area contributed by atoms with Gasteiger partial charge in [0.15, 0.2) is 0 Å². The van der Waals surface area contributed by atoms with E-state index in [0.29, 0.717) is 37.4 Å². The molecule has 1 aromatic carbocycles. The number of carbonyl (C=O) groups is 1. The standard InChI is InChI=1S/C16H25N3O3S/c1-17-10-13-18(2)16(20)14-8-11-19(12-9-14)23(21,22)15-6-4-3-5-7-15/h3-7,14,17H,8-13H2,1-2H3. The minimum absolute atomic E-state index is 0.0842. The van der Waals surface area contributed by atoms with Crippen LogP contribution < -0.4 is 5.32 Å². The van der Waals surface area contributed by atoms with Crippen LogP contribution in [0.3, 0.4) is 0 Å². The molecule has 128 valence electrons. The molecule has 0 aromatic heterocycles. The summed E-state index contributed by atoms with van der Waals surface area (Å²) in [4.78, 5) is 14.4. The number of likely N-dealkylation sites (N-methyl/N-ethyl adjacent to an activating group) is 2. The number of hydrogen-bond donors (Lipinski definition) is 1. The van der Waals surface area contributed by atoms with Gasteiger partial charge in [0.05, 0.1) is 4.90 Å². The van der Waals surface area contributed by atoms with Gasteiger partial charge in [-0.1, -0.05) is 18.2 Å². The van der Waals surface area contributed by atoms with Crippen molar-refractivity contribution in [3.8, 4) is 0 Å². The molecule has 1 aromatic rings. The number of nitrogens with zero attached hydrogens (tertiary/aromatic N) is 2. The van der Waals surface area contributed by atoms with Gasteiger partial charge in [0.1, 0.15) is 0 Å². The SMILES string of the molecule is CNCCN(C)C(=O)C1CCN(S(=O)(=O)c2ccccc2)CC1. The molecule has 0 saturated carbocycles. The smallest absolute Gasteiger partial charge is 0.243 e. The molecule has 1 fully saturated rings. The largest absolute Gasteiger partial charge is 0.344 e. The molecule has 0 bridgehead atoms. The predicted octanol–water partition coefficient (Wildman–Crippen LogP) is 0.765. The van der Waals surface area contributed by atoms with Gasteiger partial charge in [0, 0.05) is 39.1 Å². The highest BCUT2D eigenvalue weighted by Crippen LogP contribution is 2.24. The molecule has 1 aliphatic rings. The number of sulfonamides is 1. The van der Waals surface area contributed by atoms with Crippen LogP contribution in [0.15, 0.2) is 35.2 Å². The third-order valence-corrected chi connectivity index (χ3v) is 6.17. The lowest BCUT2D eigenvalue weighted by atomic mass is 9.97. The van der Waals surface area contributed by atoms with Gasteiger partial charge in [0.2, 0.25) is 15.9 Å². The van der Waals surface area contributed by atoms with E-state index in [9.17, 15) is 13.2 Å². The van der Waals surface area contributed by atoms with E-state index in [1.807, 2.05) is 7.05 Å². The third-order valence-electron chi connectivity index (χ3n) is 4.26. The van der Waals surface area contributed by atoms with Crippen LogP contribution >= 0.6 is 0 Å². The molecule has 6 nitrogen and oxygen atoms in total. The van der Waals surface area contributed by atoms with Gasteiger partial charge in [-0.2, -0.15) is 4.31 Å². The van der Waals surface area contributed by atoms with Crippen LogP contribution in [0, 0.1) is 5.92 Å². The third kappa shape index (κ3) is 4.31. The second kappa shape index (κ2) is 7.90. The quantitative estimate of drug-likeness (QED) is 0.831. The fraction of sp³-hybridized carbons (Fsp3) is 0.562. The fourth-order valence-electron chi connectivity index (χ4n) is 2.79. The minimum atomic E-state index is -3.45. The number of carbonyl (C=O) groups excluding carboxylic acids is 1. The summed E-state index contributed by atoms with van der Waals surface area (Å²) in [6, 6.07) is 8.46. The second-order valence-electron chi connectivity index (χ2n) is 5.85. The average molecular weight is 339 g/mol. The molecule has 23 heavy (non-hydrogen) atoms. The first-order valence-electron chi connectivity index (χ1n) is 7.91. The highest BCUT2D eigenvalue weighted by Gasteiger charge is 2.32. The van der Waals surface area contributed by atoms with Crippen molar-refractivity contribution in [2.75, 3.05) is 40.3 Å². The van der Waals surface area contributed by atoms with Gasteiger partial charge in [-0.15, -0.1) is 0 Å². The van der Waals surface area contributed by atoms with Crippen molar-refractivity contribution in [1.82, 2.24) is 14.5 Å². The molecule has 0 unspecified atom stereocenters. The van der Waals surface area contributed by atoms with E-state index in [1.54, 1.807) is 42.3 Å². The van der Waals surface area contributed by atoms with Gasteiger partial charge in [0.25, 0.3) is 0 Å². The van der Waals surface area contributed by atoms with Crippen molar-refractivity contribution < 1.29 is 13.2 Å². The van der Waals surface area contributed by atoms with Crippen molar-refractivity contribution in [1.29, 1.82) is 0 Å². The Morgan fingerprint density at radius 3 is 2.43 bits per heavy atom. The zero-order valence-electron chi connectivity index (χ0n) is 13.7. The number of rotatable bonds is 6. The number of nitrogens with one attached hydrogen (secondary N) is 1. The molecule has 1 saturated heterocycles. The number of benzene rings is 1. The van der Waals surface area contributed by atoms with Crippen LogP contribution in [0.25, 0.3) is 0 Å². The van der Waals surface area contributed by atoms with Crippen LogP contribution in [-0.2, 0) is 14.8 Å².